The Kier molecular flexibility index (Phi) is 5.05. The quantitative estimate of drug-likeness (QED) is 0.895. The Balaban J connectivity index is 1.60. The lowest BCUT2D eigenvalue weighted by Gasteiger charge is -2.23. The second-order valence-electron chi connectivity index (χ2n) is 8.02. The van der Waals surface area contributed by atoms with E-state index in [1.807, 2.05) is 25.2 Å². The molecular weight excluding hydrogens is 328 g/mol. The zero-order chi connectivity index (χ0) is 18.9. The van der Waals surface area contributed by atoms with Crippen molar-refractivity contribution in [2.45, 2.75) is 39.3 Å². The number of nitrogens with zero attached hydrogens (tertiary/aromatic N) is 3. The molecule has 0 atom stereocenters. The Labute approximate surface area is 155 Å². The molecule has 6 heteroatoms. The standard InChI is InChI=1S/C20H28N4O2/c1-20(2,3)15-8-6-7-9-17(15)26-11-10-24(5)19(25)18-14-12-23(4)13-16(14)21-22-18/h6-9H,10-13H2,1-5H3,(H,21,22). The Bertz CT molecular complexity index is 791. The van der Waals surface area contributed by atoms with E-state index in [1.165, 1.54) is 5.56 Å². The van der Waals surface area contributed by atoms with Crippen LogP contribution in [0.15, 0.2) is 24.3 Å². The highest BCUT2D eigenvalue weighted by atomic mass is 16.5. The van der Waals surface area contributed by atoms with Gasteiger partial charge in [-0.3, -0.25) is 14.8 Å². The summed E-state index contributed by atoms with van der Waals surface area (Å²) in [4.78, 5) is 16.5. The third kappa shape index (κ3) is 3.75. The fraction of sp³-hybridized carbons (Fsp3) is 0.500. The number of hydrogen-bond acceptors (Lipinski definition) is 4. The van der Waals surface area contributed by atoms with Gasteiger partial charge >= 0.3 is 0 Å². The zero-order valence-electron chi connectivity index (χ0n) is 16.3. The first kappa shape index (κ1) is 18.5. The molecule has 0 aliphatic carbocycles. The third-order valence-electron chi connectivity index (χ3n) is 4.74. The molecule has 3 rings (SSSR count). The van der Waals surface area contributed by atoms with Gasteiger partial charge in [-0.2, -0.15) is 5.10 Å². The molecule has 26 heavy (non-hydrogen) atoms. The number of carbonyl (C=O) groups is 1. The Morgan fingerprint density at radius 1 is 1.31 bits per heavy atom. The predicted molar refractivity (Wildman–Crippen MR) is 101 cm³/mol. The number of rotatable bonds is 5. The lowest BCUT2D eigenvalue weighted by Crippen LogP contribution is -2.32. The minimum absolute atomic E-state index is 0.0138. The van der Waals surface area contributed by atoms with Gasteiger partial charge in [-0.05, 0) is 24.1 Å². The van der Waals surface area contributed by atoms with Crippen LogP contribution in [0.4, 0.5) is 0 Å². The van der Waals surface area contributed by atoms with Crippen molar-refractivity contribution in [1.82, 2.24) is 20.0 Å². The number of benzene rings is 1. The second-order valence-corrected chi connectivity index (χ2v) is 8.02. The molecule has 2 aromatic rings. The molecule has 1 aromatic heterocycles. The Morgan fingerprint density at radius 3 is 2.77 bits per heavy atom. The minimum Gasteiger partial charge on any atom is -0.491 e. The maximum Gasteiger partial charge on any atom is 0.274 e. The van der Waals surface area contributed by atoms with E-state index in [0.29, 0.717) is 18.8 Å². The molecule has 0 spiro atoms. The lowest BCUT2D eigenvalue weighted by atomic mass is 9.86. The first-order valence-corrected chi connectivity index (χ1v) is 9.00. The summed E-state index contributed by atoms with van der Waals surface area (Å²) in [5.74, 6) is 0.814. The predicted octanol–water partition coefficient (Wildman–Crippen LogP) is 2.80. The first-order valence-electron chi connectivity index (χ1n) is 9.00. The molecule has 0 radical (unpaired) electrons. The monoisotopic (exact) mass is 356 g/mol. The van der Waals surface area contributed by atoms with E-state index in [2.05, 4.69) is 41.9 Å². The fourth-order valence-electron chi connectivity index (χ4n) is 3.26. The van der Waals surface area contributed by atoms with Crippen LogP contribution in [0.1, 0.15) is 48.1 Å². The molecule has 1 aliphatic heterocycles. The van der Waals surface area contributed by atoms with Crippen molar-refractivity contribution >= 4 is 5.91 Å². The van der Waals surface area contributed by atoms with Gasteiger partial charge in [0.1, 0.15) is 12.4 Å². The van der Waals surface area contributed by atoms with Gasteiger partial charge in [-0.1, -0.05) is 39.0 Å². The van der Waals surface area contributed by atoms with Crippen molar-refractivity contribution in [2.75, 3.05) is 27.2 Å². The van der Waals surface area contributed by atoms with Crippen molar-refractivity contribution in [1.29, 1.82) is 0 Å². The van der Waals surface area contributed by atoms with E-state index in [1.54, 1.807) is 11.9 Å². The van der Waals surface area contributed by atoms with E-state index in [9.17, 15) is 4.79 Å². The largest absolute Gasteiger partial charge is 0.491 e. The van der Waals surface area contributed by atoms with Crippen molar-refractivity contribution in [3.05, 3.63) is 46.8 Å². The SMILES string of the molecule is CN1Cc2[nH]nc(C(=O)N(C)CCOc3ccccc3C(C)(C)C)c2C1. The van der Waals surface area contributed by atoms with Crippen LogP contribution in [0.5, 0.6) is 5.75 Å². The molecule has 0 saturated heterocycles. The number of aromatic nitrogens is 2. The van der Waals surface area contributed by atoms with Crippen LogP contribution in [0.2, 0.25) is 0 Å². The van der Waals surface area contributed by atoms with E-state index in [-0.39, 0.29) is 11.3 Å². The topological polar surface area (TPSA) is 61.5 Å². The second kappa shape index (κ2) is 7.11. The summed E-state index contributed by atoms with van der Waals surface area (Å²) >= 11 is 0. The number of hydrogen-bond donors (Lipinski definition) is 1. The lowest BCUT2D eigenvalue weighted by molar-refractivity contribution is 0.0765. The van der Waals surface area contributed by atoms with E-state index < -0.39 is 0 Å². The highest BCUT2D eigenvalue weighted by Crippen LogP contribution is 2.31. The number of fused-ring (bicyclic) bond motifs is 1. The van der Waals surface area contributed by atoms with Gasteiger partial charge in [-0.15, -0.1) is 0 Å². The summed E-state index contributed by atoms with van der Waals surface area (Å²) in [7, 11) is 3.83. The summed E-state index contributed by atoms with van der Waals surface area (Å²) in [6.45, 7) is 9.03. The Hall–Kier alpha value is -2.34. The van der Waals surface area contributed by atoms with Crippen LogP contribution in [0.25, 0.3) is 0 Å². The van der Waals surface area contributed by atoms with Gasteiger partial charge in [-0.25, -0.2) is 0 Å². The maximum absolute atomic E-state index is 12.7. The molecule has 140 valence electrons. The average Bonchev–Trinajstić information content (AvgIpc) is 3.12. The van der Waals surface area contributed by atoms with Crippen LogP contribution < -0.4 is 4.74 Å². The van der Waals surface area contributed by atoms with E-state index >= 15 is 0 Å². The molecular formula is C20H28N4O2. The van der Waals surface area contributed by atoms with Crippen LogP contribution in [-0.2, 0) is 18.5 Å². The van der Waals surface area contributed by atoms with Crippen LogP contribution >= 0.6 is 0 Å². The van der Waals surface area contributed by atoms with Crippen molar-refractivity contribution < 1.29 is 9.53 Å². The van der Waals surface area contributed by atoms with E-state index in [4.69, 9.17) is 4.74 Å². The van der Waals surface area contributed by atoms with Crippen LogP contribution in [0, 0.1) is 0 Å². The summed E-state index contributed by atoms with van der Waals surface area (Å²) in [5.41, 5.74) is 3.77. The minimum atomic E-state index is -0.0643. The van der Waals surface area contributed by atoms with E-state index in [0.717, 1.165) is 30.1 Å². The molecule has 0 bridgehead atoms. The molecule has 0 fully saturated rings. The van der Waals surface area contributed by atoms with Gasteiger partial charge in [0.05, 0.1) is 12.2 Å². The molecule has 1 aliphatic rings. The average molecular weight is 356 g/mol. The molecule has 1 N–H and O–H groups in total. The van der Waals surface area contributed by atoms with Gasteiger partial charge in [0.15, 0.2) is 5.69 Å². The summed E-state index contributed by atoms with van der Waals surface area (Å²) in [6.07, 6.45) is 0. The highest BCUT2D eigenvalue weighted by molar-refractivity contribution is 5.94. The molecule has 0 unspecified atom stereocenters. The maximum atomic E-state index is 12.7. The van der Waals surface area contributed by atoms with Crippen molar-refractivity contribution in [3.8, 4) is 5.75 Å². The van der Waals surface area contributed by atoms with Gasteiger partial charge < -0.3 is 9.64 Å². The van der Waals surface area contributed by atoms with Crippen molar-refractivity contribution in [3.63, 3.8) is 0 Å². The number of nitrogens with one attached hydrogen (secondary N) is 1. The fourth-order valence-corrected chi connectivity index (χ4v) is 3.26. The number of amides is 1. The Morgan fingerprint density at radius 2 is 2.04 bits per heavy atom. The van der Waals surface area contributed by atoms with Crippen LogP contribution in [0.3, 0.4) is 0 Å². The molecule has 1 amide bonds. The molecule has 0 saturated carbocycles. The van der Waals surface area contributed by atoms with Gasteiger partial charge in [0.2, 0.25) is 0 Å². The normalized spacial score (nSPS) is 14.3. The number of aromatic amines is 1. The molecule has 1 aromatic carbocycles. The highest BCUT2D eigenvalue weighted by Gasteiger charge is 2.27. The van der Waals surface area contributed by atoms with Crippen molar-refractivity contribution in [2.24, 2.45) is 0 Å². The third-order valence-corrected chi connectivity index (χ3v) is 4.74. The summed E-state index contributed by atoms with van der Waals surface area (Å²) in [6, 6.07) is 8.08. The molecule has 2 heterocycles. The summed E-state index contributed by atoms with van der Waals surface area (Å²) < 4.78 is 5.98. The smallest absolute Gasteiger partial charge is 0.274 e. The number of likely N-dealkylation sites (N-methyl/N-ethyl adjacent to an activating group) is 1. The number of carbonyl (C=O) groups excluding carboxylic acids is 1. The van der Waals surface area contributed by atoms with Gasteiger partial charge in [0.25, 0.3) is 5.91 Å². The van der Waals surface area contributed by atoms with Gasteiger partial charge in [0, 0.05) is 25.7 Å². The zero-order valence-corrected chi connectivity index (χ0v) is 16.3. The van der Waals surface area contributed by atoms with Crippen LogP contribution in [-0.4, -0.2) is 53.2 Å². The first-order chi connectivity index (χ1) is 12.3. The molecule has 6 nitrogen and oxygen atoms in total. The number of H-pyrrole nitrogens is 1. The number of ether oxygens (including phenoxy) is 1. The number of para-hydroxylation sites is 1. The summed E-state index contributed by atoms with van der Waals surface area (Å²) in [5, 5.41) is 7.21.